The highest BCUT2D eigenvalue weighted by molar-refractivity contribution is 7.99. The Morgan fingerprint density at radius 3 is 3.15 bits per heavy atom. The van der Waals surface area contributed by atoms with E-state index >= 15 is 0 Å². The number of hydrogen-bond acceptors (Lipinski definition) is 7. The Bertz CT molecular complexity index is 965. The monoisotopic (exact) mass is 387 g/mol. The van der Waals surface area contributed by atoms with Crippen LogP contribution >= 0.6 is 11.8 Å². The molecule has 27 heavy (non-hydrogen) atoms. The Morgan fingerprint density at radius 2 is 2.30 bits per heavy atom. The molecule has 10 heteroatoms. The number of oxazole rings is 1. The van der Waals surface area contributed by atoms with Crippen molar-refractivity contribution >= 4 is 34.7 Å². The lowest BCUT2D eigenvalue weighted by Gasteiger charge is -2.06. The second-order valence-corrected chi connectivity index (χ2v) is 7.06. The predicted molar refractivity (Wildman–Crippen MR) is 97.6 cm³/mol. The van der Waals surface area contributed by atoms with Gasteiger partial charge in [-0.05, 0) is 12.1 Å². The average molecular weight is 387 g/mol. The molecular formula is C17H17N5O4S. The fourth-order valence-corrected chi connectivity index (χ4v) is 3.41. The summed E-state index contributed by atoms with van der Waals surface area (Å²) in [6, 6.07) is 8.93. The highest BCUT2D eigenvalue weighted by Crippen LogP contribution is 2.22. The first-order valence-electron chi connectivity index (χ1n) is 8.41. The third kappa shape index (κ3) is 3.81. The van der Waals surface area contributed by atoms with Crippen molar-refractivity contribution in [1.82, 2.24) is 25.4 Å². The van der Waals surface area contributed by atoms with Crippen LogP contribution in [0.15, 0.2) is 40.0 Å². The second-order valence-electron chi connectivity index (χ2n) is 6.01. The summed E-state index contributed by atoms with van der Waals surface area (Å²) < 4.78 is 6.96. The van der Waals surface area contributed by atoms with Crippen LogP contribution in [0.4, 0.5) is 0 Å². The van der Waals surface area contributed by atoms with Crippen LogP contribution < -0.4 is 10.6 Å². The van der Waals surface area contributed by atoms with Crippen LogP contribution in [0.25, 0.3) is 11.1 Å². The minimum atomic E-state index is -0.737. The van der Waals surface area contributed by atoms with E-state index in [-0.39, 0.29) is 36.3 Å². The van der Waals surface area contributed by atoms with Gasteiger partial charge in [0.25, 0.3) is 17.0 Å². The minimum absolute atomic E-state index is 0.140. The fraction of sp³-hybridized carbons (Fsp3) is 0.294. The quantitative estimate of drug-likeness (QED) is 0.434. The zero-order chi connectivity index (χ0) is 18.8. The van der Waals surface area contributed by atoms with E-state index in [0.29, 0.717) is 17.5 Å². The summed E-state index contributed by atoms with van der Waals surface area (Å²) >= 11 is 1.40. The second kappa shape index (κ2) is 7.41. The third-order valence-corrected chi connectivity index (χ3v) is 4.84. The highest BCUT2D eigenvalue weighted by Gasteiger charge is 2.24. The number of nitrogens with zero attached hydrogens (tertiary/aromatic N) is 3. The van der Waals surface area contributed by atoms with Crippen LogP contribution in [0.3, 0.4) is 0 Å². The molecule has 1 aromatic carbocycles. The third-order valence-electron chi connectivity index (χ3n) is 4.01. The Kier molecular flexibility index (Phi) is 4.82. The SMILES string of the molecule is O=C(NCCSc1nc2ccccc2o1)c1cc2n(n1)C[C@H](O)CNC2=O. The number of benzene rings is 1. The van der Waals surface area contributed by atoms with Crippen molar-refractivity contribution in [3.8, 4) is 0 Å². The number of aliphatic hydroxyl groups is 1. The summed E-state index contributed by atoms with van der Waals surface area (Å²) in [5.74, 6) is -0.161. The maximum atomic E-state index is 12.3. The number of aliphatic hydroxyl groups excluding tert-OH is 1. The molecule has 0 saturated heterocycles. The van der Waals surface area contributed by atoms with Crippen LogP contribution in [0.1, 0.15) is 21.0 Å². The van der Waals surface area contributed by atoms with Crippen molar-refractivity contribution in [2.24, 2.45) is 0 Å². The van der Waals surface area contributed by atoms with Crippen LogP contribution in [0.2, 0.25) is 0 Å². The molecule has 0 fully saturated rings. The van der Waals surface area contributed by atoms with Gasteiger partial charge in [-0.25, -0.2) is 4.98 Å². The molecule has 140 valence electrons. The molecule has 0 radical (unpaired) electrons. The molecule has 9 nitrogen and oxygen atoms in total. The van der Waals surface area contributed by atoms with Crippen LogP contribution in [0.5, 0.6) is 0 Å². The van der Waals surface area contributed by atoms with Gasteiger partial charge in [-0.1, -0.05) is 23.9 Å². The first-order chi connectivity index (χ1) is 13.1. The molecule has 2 amide bonds. The Balaban J connectivity index is 1.32. The zero-order valence-corrected chi connectivity index (χ0v) is 15.0. The molecule has 2 aromatic heterocycles. The van der Waals surface area contributed by atoms with E-state index in [2.05, 4.69) is 20.7 Å². The van der Waals surface area contributed by atoms with Gasteiger partial charge in [0.15, 0.2) is 11.3 Å². The summed E-state index contributed by atoms with van der Waals surface area (Å²) in [5.41, 5.74) is 1.92. The average Bonchev–Trinajstić information content (AvgIpc) is 3.24. The number of thioether (sulfide) groups is 1. The van der Waals surface area contributed by atoms with Crippen molar-refractivity contribution in [2.75, 3.05) is 18.8 Å². The van der Waals surface area contributed by atoms with E-state index in [1.165, 1.54) is 22.5 Å². The van der Waals surface area contributed by atoms with Gasteiger partial charge in [-0.15, -0.1) is 0 Å². The summed E-state index contributed by atoms with van der Waals surface area (Å²) in [5, 5.41) is 19.7. The first kappa shape index (κ1) is 17.6. The molecule has 0 spiro atoms. The van der Waals surface area contributed by atoms with Crippen molar-refractivity contribution in [3.05, 3.63) is 41.7 Å². The van der Waals surface area contributed by atoms with Crippen LogP contribution in [0, 0.1) is 0 Å². The normalized spacial score (nSPS) is 16.6. The molecule has 3 heterocycles. The number of nitrogens with one attached hydrogen (secondary N) is 2. The van der Waals surface area contributed by atoms with Gasteiger partial charge in [0, 0.05) is 24.9 Å². The number of fused-ring (bicyclic) bond motifs is 2. The molecule has 0 saturated carbocycles. The molecule has 3 aromatic rings. The predicted octanol–water partition coefficient (Wildman–Crippen LogP) is 0.651. The number of aromatic nitrogens is 3. The summed E-state index contributed by atoms with van der Waals surface area (Å²) in [6.45, 7) is 0.713. The number of rotatable bonds is 5. The smallest absolute Gasteiger partial charge is 0.271 e. The fourth-order valence-electron chi connectivity index (χ4n) is 2.72. The maximum absolute atomic E-state index is 12.3. The van der Waals surface area contributed by atoms with E-state index in [1.807, 2.05) is 24.3 Å². The van der Waals surface area contributed by atoms with Crippen LogP contribution in [-0.2, 0) is 6.54 Å². The topological polar surface area (TPSA) is 122 Å². The standard InChI is InChI=1S/C17H17N5O4S/c23-10-8-19-16(25)13-7-12(21-22(13)9-10)15(24)18-5-6-27-17-20-11-3-1-2-4-14(11)26-17/h1-4,7,10,23H,5-6,8-9H2,(H,18,24)(H,19,25)/t10-/m1/s1. The number of para-hydroxylation sites is 2. The van der Waals surface area contributed by atoms with Gasteiger partial charge in [0.05, 0.1) is 12.6 Å². The summed E-state index contributed by atoms with van der Waals surface area (Å²) in [6.07, 6.45) is -0.737. The molecular weight excluding hydrogens is 370 g/mol. The van der Waals surface area contributed by atoms with E-state index in [1.54, 1.807) is 0 Å². The maximum Gasteiger partial charge on any atom is 0.271 e. The van der Waals surface area contributed by atoms with Gasteiger partial charge >= 0.3 is 0 Å². The van der Waals surface area contributed by atoms with Gasteiger partial charge in [0.2, 0.25) is 0 Å². The largest absolute Gasteiger partial charge is 0.431 e. The Morgan fingerprint density at radius 1 is 1.44 bits per heavy atom. The molecule has 0 bridgehead atoms. The molecule has 4 rings (SSSR count). The minimum Gasteiger partial charge on any atom is -0.431 e. The van der Waals surface area contributed by atoms with E-state index in [0.717, 1.165) is 11.1 Å². The van der Waals surface area contributed by atoms with Crippen molar-refractivity contribution in [2.45, 2.75) is 17.9 Å². The zero-order valence-electron chi connectivity index (χ0n) is 14.2. The lowest BCUT2D eigenvalue weighted by atomic mass is 10.3. The van der Waals surface area contributed by atoms with E-state index in [4.69, 9.17) is 4.42 Å². The first-order valence-corrected chi connectivity index (χ1v) is 9.39. The van der Waals surface area contributed by atoms with E-state index in [9.17, 15) is 14.7 Å². The molecule has 0 aliphatic carbocycles. The van der Waals surface area contributed by atoms with Gasteiger partial charge in [-0.3, -0.25) is 14.3 Å². The van der Waals surface area contributed by atoms with Crippen LogP contribution in [-0.4, -0.2) is 56.6 Å². The molecule has 1 aliphatic heterocycles. The van der Waals surface area contributed by atoms with Gasteiger partial charge in [-0.2, -0.15) is 5.10 Å². The summed E-state index contributed by atoms with van der Waals surface area (Å²) in [4.78, 5) is 28.6. The number of β-amino-alcohol motifs (C(OH)–C–C–N with tert-alkyl or cyclic N) is 1. The molecule has 1 atom stereocenters. The lowest BCUT2D eigenvalue weighted by Crippen LogP contribution is -2.30. The lowest BCUT2D eigenvalue weighted by molar-refractivity contribution is 0.0931. The van der Waals surface area contributed by atoms with Crippen molar-refractivity contribution in [3.63, 3.8) is 0 Å². The number of hydrogen-bond donors (Lipinski definition) is 3. The van der Waals surface area contributed by atoms with Gasteiger partial charge < -0.3 is 20.2 Å². The van der Waals surface area contributed by atoms with Crippen molar-refractivity contribution < 1.29 is 19.1 Å². The molecule has 0 unspecified atom stereocenters. The highest BCUT2D eigenvalue weighted by atomic mass is 32.2. The summed E-state index contributed by atoms with van der Waals surface area (Å²) in [7, 11) is 0. The molecule has 3 N–H and O–H groups in total. The number of carbonyl (C=O) groups is 2. The number of carbonyl (C=O) groups excluding carboxylic acids is 2. The number of amides is 2. The van der Waals surface area contributed by atoms with E-state index < -0.39 is 6.10 Å². The Labute approximate surface area is 158 Å². The molecule has 1 aliphatic rings. The Hall–Kier alpha value is -2.85. The van der Waals surface area contributed by atoms with Gasteiger partial charge in [0.1, 0.15) is 11.2 Å². The van der Waals surface area contributed by atoms with Crippen molar-refractivity contribution in [1.29, 1.82) is 0 Å².